The molecule has 7 nitrogen and oxygen atoms in total. The first-order valence-electron chi connectivity index (χ1n) is 10.5. The molecule has 1 aliphatic carbocycles. The van der Waals surface area contributed by atoms with Gasteiger partial charge < -0.3 is 15.2 Å². The summed E-state index contributed by atoms with van der Waals surface area (Å²) in [6, 6.07) is 19.5. The highest BCUT2D eigenvalue weighted by Crippen LogP contribution is 2.44. The molecule has 0 spiro atoms. The van der Waals surface area contributed by atoms with Crippen molar-refractivity contribution >= 4 is 23.7 Å². The maximum atomic E-state index is 14.1. The van der Waals surface area contributed by atoms with E-state index in [1.165, 1.54) is 18.2 Å². The van der Waals surface area contributed by atoms with Gasteiger partial charge in [0.2, 0.25) is 0 Å². The van der Waals surface area contributed by atoms with E-state index in [9.17, 15) is 18.8 Å². The number of carbonyl (C=O) groups excluding carboxylic acids is 2. The highest BCUT2D eigenvalue weighted by atomic mass is 19.1. The Balaban J connectivity index is 1.40. The van der Waals surface area contributed by atoms with Crippen LogP contribution in [0, 0.1) is 5.82 Å². The lowest BCUT2D eigenvalue weighted by molar-refractivity contribution is -0.131. The summed E-state index contributed by atoms with van der Waals surface area (Å²) in [7, 11) is 0. The molecule has 0 unspecified atom stereocenters. The summed E-state index contributed by atoms with van der Waals surface area (Å²) < 4.78 is 19.6. The molecule has 34 heavy (non-hydrogen) atoms. The number of ether oxygens (including phenoxy) is 1. The fourth-order valence-corrected chi connectivity index (χ4v) is 3.94. The lowest BCUT2D eigenvalue weighted by atomic mass is 9.98. The SMILES string of the molecule is O=C(O)/C=C/CNC(=O)c1cc(NC(=O)OCC2c3ccccc3-c3ccccc32)ccc1F. The van der Waals surface area contributed by atoms with Crippen molar-refractivity contribution < 1.29 is 28.6 Å². The minimum Gasteiger partial charge on any atom is -0.478 e. The van der Waals surface area contributed by atoms with E-state index >= 15 is 0 Å². The number of carboxylic acids is 1. The van der Waals surface area contributed by atoms with E-state index in [0.29, 0.717) is 0 Å². The molecule has 0 aromatic heterocycles. The van der Waals surface area contributed by atoms with Crippen LogP contribution in [0.3, 0.4) is 0 Å². The number of fused-ring (bicyclic) bond motifs is 3. The van der Waals surface area contributed by atoms with E-state index in [1.807, 2.05) is 48.5 Å². The first-order chi connectivity index (χ1) is 16.4. The van der Waals surface area contributed by atoms with Gasteiger partial charge in [0, 0.05) is 24.2 Å². The van der Waals surface area contributed by atoms with E-state index < -0.39 is 23.8 Å². The van der Waals surface area contributed by atoms with Gasteiger partial charge >= 0.3 is 12.1 Å². The molecule has 2 amide bonds. The Labute approximate surface area is 194 Å². The van der Waals surface area contributed by atoms with Crippen molar-refractivity contribution in [3.05, 3.63) is 101 Å². The van der Waals surface area contributed by atoms with Crippen LogP contribution >= 0.6 is 0 Å². The molecule has 0 saturated carbocycles. The zero-order valence-electron chi connectivity index (χ0n) is 18.0. The molecule has 3 aromatic carbocycles. The molecular weight excluding hydrogens is 439 g/mol. The average Bonchev–Trinajstić information content (AvgIpc) is 3.15. The van der Waals surface area contributed by atoms with Crippen molar-refractivity contribution in [2.75, 3.05) is 18.5 Å². The van der Waals surface area contributed by atoms with Gasteiger partial charge in [-0.15, -0.1) is 0 Å². The Morgan fingerprint density at radius 2 is 1.62 bits per heavy atom. The maximum absolute atomic E-state index is 14.1. The van der Waals surface area contributed by atoms with Gasteiger partial charge in [-0.2, -0.15) is 0 Å². The summed E-state index contributed by atoms with van der Waals surface area (Å²) in [4.78, 5) is 35.1. The molecule has 0 bridgehead atoms. The molecule has 0 fully saturated rings. The predicted octanol–water partition coefficient (Wildman–Crippen LogP) is 4.56. The summed E-state index contributed by atoms with van der Waals surface area (Å²) in [5.74, 6) is -2.79. The van der Waals surface area contributed by atoms with Crippen molar-refractivity contribution in [1.29, 1.82) is 0 Å². The topological polar surface area (TPSA) is 105 Å². The largest absolute Gasteiger partial charge is 0.478 e. The molecular formula is C26H21FN2O5. The summed E-state index contributed by atoms with van der Waals surface area (Å²) in [5.41, 5.74) is 4.27. The third-order valence-corrected chi connectivity index (χ3v) is 5.44. The lowest BCUT2D eigenvalue weighted by Crippen LogP contribution is -2.25. The number of rotatable bonds is 7. The smallest absolute Gasteiger partial charge is 0.411 e. The van der Waals surface area contributed by atoms with Crippen molar-refractivity contribution in [3.63, 3.8) is 0 Å². The summed E-state index contributed by atoms with van der Waals surface area (Å²) >= 11 is 0. The molecule has 0 aliphatic heterocycles. The number of aliphatic carboxylic acids is 1. The van der Waals surface area contributed by atoms with Gasteiger partial charge in [0.05, 0.1) is 5.56 Å². The molecule has 0 atom stereocenters. The highest BCUT2D eigenvalue weighted by molar-refractivity contribution is 5.96. The Morgan fingerprint density at radius 1 is 0.971 bits per heavy atom. The number of amides is 2. The standard InChI is InChI=1S/C26H21FN2O5/c27-23-12-11-16(14-21(23)25(32)28-13-5-10-24(30)31)29-26(33)34-15-22-19-8-3-1-6-17(19)18-7-2-4-9-20(18)22/h1-12,14,22H,13,15H2,(H,28,32)(H,29,33)(H,30,31)/b10-5+. The summed E-state index contributed by atoms with van der Waals surface area (Å²) in [6.07, 6.45) is 1.35. The molecule has 0 saturated heterocycles. The average molecular weight is 460 g/mol. The van der Waals surface area contributed by atoms with Crippen molar-refractivity contribution in [3.8, 4) is 11.1 Å². The zero-order valence-corrected chi connectivity index (χ0v) is 18.0. The van der Waals surface area contributed by atoms with Crippen LogP contribution in [0.15, 0.2) is 78.9 Å². The van der Waals surface area contributed by atoms with Crippen LogP contribution in [-0.2, 0) is 9.53 Å². The van der Waals surface area contributed by atoms with E-state index in [4.69, 9.17) is 9.84 Å². The fraction of sp³-hybridized carbons (Fsp3) is 0.115. The number of carbonyl (C=O) groups is 3. The normalized spacial score (nSPS) is 12.1. The van der Waals surface area contributed by atoms with Gasteiger partial charge in [0.25, 0.3) is 5.91 Å². The zero-order chi connectivity index (χ0) is 24.1. The van der Waals surface area contributed by atoms with Gasteiger partial charge in [0.1, 0.15) is 12.4 Å². The van der Waals surface area contributed by atoms with Crippen LogP contribution < -0.4 is 10.6 Å². The maximum Gasteiger partial charge on any atom is 0.411 e. The number of halogens is 1. The number of anilines is 1. The van der Waals surface area contributed by atoms with Gasteiger partial charge in [-0.05, 0) is 40.5 Å². The number of hydrogen-bond acceptors (Lipinski definition) is 4. The van der Waals surface area contributed by atoms with Crippen LogP contribution in [0.25, 0.3) is 11.1 Å². The first kappa shape index (κ1) is 22.7. The van der Waals surface area contributed by atoms with E-state index in [1.54, 1.807) is 0 Å². The second-order valence-corrected chi connectivity index (χ2v) is 7.60. The van der Waals surface area contributed by atoms with Crippen LogP contribution in [0.1, 0.15) is 27.4 Å². The van der Waals surface area contributed by atoms with E-state index in [0.717, 1.165) is 34.4 Å². The Bertz CT molecular complexity index is 1240. The number of benzene rings is 3. The molecule has 0 heterocycles. The van der Waals surface area contributed by atoms with Crippen molar-refractivity contribution in [2.24, 2.45) is 0 Å². The van der Waals surface area contributed by atoms with Gasteiger partial charge in [0.15, 0.2) is 0 Å². The monoisotopic (exact) mass is 460 g/mol. The van der Waals surface area contributed by atoms with Gasteiger partial charge in [-0.3, -0.25) is 10.1 Å². The van der Waals surface area contributed by atoms with E-state index in [2.05, 4.69) is 10.6 Å². The second kappa shape index (κ2) is 9.99. The highest BCUT2D eigenvalue weighted by Gasteiger charge is 2.29. The molecule has 8 heteroatoms. The summed E-state index contributed by atoms with van der Waals surface area (Å²) in [5, 5.41) is 13.5. The Hall–Kier alpha value is -4.46. The molecule has 1 aliphatic rings. The molecule has 0 radical (unpaired) electrons. The Morgan fingerprint density at radius 3 is 2.26 bits per heavy atom. The molecule has 3 aromatic rings. The minimum absolute atomic E-state index is 0.0887. The van der Waals surface area contributed by atoms with Crippen molar-refractivity contribution in [1.82, 2.24) is 5.32 Å². The predicted molar refractivity (Wildman–Crippen MR) is 124 cm³/mol. The quantitative estimate of drug-likeness (QED) is 0.449. The van der Waals surface area contributed by atoms with E-state index in [-0.39, 0.29) is 30.3 Å². The van der Waals surface area contributed by atoms with Crippen LogP contribution in [0.2, 0.25) is 0 Å². The van der Waals surface area contributed by atoms with Gasteiger partial charge in [-0.1, -0.05) is 54.6 Å². The third-order valence-electron chi connectivity index (χ3n) is 5.44. The number of nitrogens with one attached hydrogen (secondary N) is 2. The van der Waals surface area contributed by atoms with Gasteiger partial charge in [-0.25, -0.2) is 14.0 Å². The van der Waals surface area contributed by atoms with Crippen LogP contribution in [-0.4, -0.2) is 36.2 Å². The second-order valence-electron chi connectivity index (χ2n) is 7.60. The minimum atomic E-state index is -1.16. The molecule has 172 valence electrons. The molecule has 3 N–H and O–H groups in total. The van der Waals surface area contributed by atoms with Crippen LogP contribution in [0.5, 0.6) is 0 Å². The summed E-state index contributed by atoms with van der Waals surface area (Å²) in [6.45, 7) is 0.0267. The van der Waals surface area contributed by atoms with Crippen LogP contribution in [0.4, 0.5) is 14.9 Å². The third kappa shape index (κ3) is 4.96. The van der Waals surface area contributed by atoms with Crippen molar-refractivity contribution in [2.45, 2.75) is 5.92 Å². The Kier molecular flexibility index (Phi) is 6.68. The molecule has 4 rings (SSSR count). The number of carboxylic acid groups (broad SMARTS) is 1. The first-order valence-corrected chi connectivity index (χ1v) is 10.5. The lowest BCUT2D eigenvalue weighted by Gasteiger charge is -2.15. The number of hydrogen-bond donors (Lipinski definition) is 3. The fourth-order valence-electron chi connectivity index (χ4n) is 3.94.